The normalized spacial score (nSPS) is 33.4. The summed E-state index contributed by atoms with van der Waals surface area (Å²) in [7, 11) is 0. The standard InChI is InChI=1S/C12H22N2O3/c1-12(2,3)17-11(15)14-4-5-16-10(7-14)8-6-9(8)13/h8-10H,4-7,13H2,1-3H3/t8-,9-,10?/m1/s1. The zero-order valence-corrected chi connectivity index (χ0v) is 10.8. The van der Waals surface area contributed by atoms with Crippen LogP contribution in [0, 0.1) is 5.92 Å². The number of ether oxygens (including phenoxy) is 2. The second kappa shape index (κ2) is 4.46. The first-order valence-electron chi connectivity index (χ1n) is 6.22. The summed E-state index contributed by atoms with van der Waals surface area (Å²) in [5.41, 5.74) is 5.36. The van der Waals surface area contributed by atoms with Crippen molar-refractivity contribution in [3.63, 3.8) is 0 Å². The highest BCUT2D eigenvalue weighted by molar-refractivity contribution is 5.68. The van der Waals surface area contributed by atoms with Gasteiger partial charge in [-0.3, -0.25) is 0 Å². The molecule has 0 aromatic heterocycles. The molecule has 2 fully saturated rings. The minimum atomic E-state index is -0.444. The average molecular weight is 242 g/mol. The summed E-state index contributed by atoms with van der Waals surface area (Å²) in [6, 6.07) is 0.249. The fraction of sp³-hybridized carbons (Fsp3) is 0.917. The molecule has 1 aliphatic heterocycles. The van der Waals surface area contributed by atoms with E-state index >= 15 is 0 Å². The summed E-state index contributed by atoms with van der Waals surface area (Å²) >= 11 is 0. The molecule has 2 rings (SSSR count). The molecule has 1 saturated heterocycles. The molecule has 5 nitrogen and oxygen atoms in total. The van der Waals surface area contributed by atoms with Gasteiger partial charge in [0.1, 0.15) is 5.60 Å². The number of hydrogen-bond donors (Lipinski definition) is 1. The first-order valence-corrected chi connectivity index (χ1v) is 6.22. The van der Waals surface area contributed by atoms with Crippen LogP contribution < -0.4 is 5.73 Å². The van der Waals surface area contributed by atoms with Crippen molar-refractivity contribution in [2.24, 2.45) is 11.7 Å². The maximum Gasteiger partial charge on any atom is 0.410 e. The fourth-order valence-corrected chi connectivity index (χ4v) is 2.09. The molecule has 0 spiro atoms. The van der Waals surface area contributed by atoms with Crippen molar-refractivity contribution in [1.82, 2.24) is 4.90 Å². The van der Waals surface area contributed by atoms with Crippen LogP contribution in [0.25, 0.3) is 0 Å². The van der Waals surface area contributed by atoms with Crippen LogP contribution in [0.4, 0.5) is 4.79 Å². The molecule has 0 aromatic carbocycles. The Morgan fingerprint density at radius 1 is 1.47 bits per heavy atom. The number of hydrogen-bond acceptors (Lipinski definition) is 4. The second-order valence-corrected chi connectivity index (χ2v) is 5.90. The molecule has 98 valence electrons. The Kier molecular flexibility index (Phi) is 3.32. The highest BCUT2D eigenvalue weighted by atomic mass is 16.6. The maximum atomic E-state index is 11.9. The van der Waals surface area contributed by atoms with Gasteiger partial charge in [0, 0.05) is 18.5 Å². The van der Waals surface area contributed by atoms with E-state index in [0.29, 0.717) is 25.6 Å². The van der Waals surface area contributed by atoms with Gasteiger partial charge in [0.25, 0.3) is 0 Å². The molecule has 0 bridgehead atoms. The van der Waals surface area contributed by atoms with E-state index in [-0.39, 0.29) is 18.2 Å². The third kappa shape index (κ3) is 3.33. The van der Waals surface area contributed by atoms with E-state index in [2.05, 4.69) is 0 Å². The molecular formula is C12H22N2O3. The molecule has 2 aliphatic rings. The van der Waals surface area contributed by atoms with Gasteiger partial charge in [-0.05, 0) is 27.2 Å². The van der Waals surface area contributed by atoms with Crippen molar-refractivity contribution < 1.29 is 14.3 Å². The number of morpholine rings is 1. The molecule has 0 aromatic rings. The van der Waals surface area contributed by atoms with Crippen LogP contribution in [-0.2, 0) is 9.47 Å². The summed E-state index contributed by atoms with van der Waals surface area (Å²) < 4.78 is 11.0. The Balaban J connectivity index is 1.86. The molecule has 0 radical (unpaired) electrons. The van der Waals surface area contributed by atoms with Crippen LogP contribution in [0.5, 0.6) is 0 Å². The lowest BCUT2D eigenvalue weighted by Crippen LogP contribution is -2.48. The minimum absolute atomic E-state index is 0.0891. The molecule has 17 heavy (non-hydrogen) atoms. The van der Waals surface area contributed by atoms with Gasteiger partial charge >= 0.3 is 6.09 Å². The van der Waals surface area contributed by atoms with Gasteiger partial charge in [-0.2, -0.15) is 0 Å². The number of carbonyl (C=O) groups excluding carboxylic acids is 1. The topological polar surface area (TPSA) is 64.8 Å². The number of rotatable bonds is 1. The van der Waals surface area contributed by atoms with Gasteiger partial charge in [0.2, 0.25) is 0 Å². The Morgan fingerprint density at radius 3 is 2.65 bits per heavy atom. The molecule has 1 heterocycles. The van der Waals surface area contributed by atoms with Crippen LogP contribution in [0.15, 0.2) is 0 Å². The first kappa shape index (κ1) is 12.6. The van der Waals surface area contributed by atoms with Gasteiger partial charge in [0.05, 0.1) is 19.3 Å². The van der Waals surface area contributed by atoms with Crippen molar-refractivity contribution in [2.75, 3.05) is 19.7 Å². The molecular weight excluding hydrogens is 220 g/mol. The van der Waals surface area contributed by atoms with Crippen molar-refractivity contribution in [3.05, 3.63) is 0 Å². The predicted octanol–water partition coefficient (Wildman–Crippen LogP) is 0.970. The van der Waals surface area contributed by atoms with E-state index in [0.717, 1.165) is 6.42 Å². The Hall–Kier alpha value is -0.810. The smallest absolute Gasteiger partial charge is 0.410 e. The zero-order valence-electron chi connectivity index (χ0n) is 10.8. The van der Waals surface area contributed by atoms with Gasteiger partial charge < -0.3 is 20.1 Å². The van der Waals surface area contributed by atoms with Crippen LogP contribution in [0.2, 0.25) is 0 Å². The molecule has 2 N–H and O–H groups in total. The molecule has 5 heteroatoms. The summed E-state index contributed by atoms with van der Waals surface area (Å²) in [6.07, 6.45) is 0.846. The SMILES string of the molecule is CC(C)(C)OC(=O)N1CCOC([C@@H]2C[C@H]2N)C1. The minimum Gasteiger partial charge on any atom is -0.444 e. The van der Waals surface area contributed by atoms with Crippen LogP contribution in [0.3, 0.4) is 0 Å². The van der Waals surface area contributed by atoms with Crippen LogP contribution in [-0.4, -0.2) is 48.4 Å². The van der Waals surface area contributed by atoms with E-state index in [1.807, 2.05) is 20.8 Å². The van der Waals surface area contributed by atoms with Gasteiger partial charge in [-0.15, -0.1) is 0 Å². The van der Waals surface area contributed by atoms with Crippen molar-refractivity contribution in [2.45, 2.75) is 44.9 Å². The fourth-order valence-electron chi connectivity index (χ4n) is 2.09. The third-order valence-corrected chi connectivity index (χ3v) is 3.11. The number of nitrogens with zero attached hydrogens (tertiary/aromatic N) is 1. The molecule has 1 amide bonds. The molecule has 3 atom stereocenters. The number of nitrogens with two attached hydrogens (primary N) is 1. The summed E-state index contributed by atoms with van der Waals surface area (Å²) in [4.78, 5) is 13.6. The van der Waals surface area contributed by atoms with Crippen molar-refractivity contribution in [3.8, 4) is 0 Å². The summed E-state index contributed by atoms with van der Waals surface area (Å²) in [5.74, 6) is 0.417. The lowest BCUT2D eigenvalue weighted by Gasteiger charge is -2.34. The Morgan fingerprint density at radius 2 is 2.12 bits per heavy atom. The first-order chi connectivity index (χ1) is 7.87. The van der Waals surface area contributed by atoms with Gasteiger partial charge in [0.15, 0.2) is 0 Å². The van der Waals surface area contributed by atoms with E-state index in [1.165, 1.54) is 0 Å². The largest absolute Gasteiger partial charge is 0.444 e. The van der Waals surface area contributed by atoms with Gasteiger partial charge in [-0.1, -0.05) is 0 Å². The number of carbonyl (C=O) groups is 1. The monoisotopic (exact) mass is 242 g/mol. The molecule has 1 saturated carbocycles. The van der Waals surface area contributed by atoms with Crippen molar-refractivity contribution >= 4 is 6.09 Å². The lowest BCUT2D eigenvalue weighted by molar-refractivity contribution is -0.0501. The zero-order chi connectivity index (χ0) is 12.6. The third-order valence-electron chi connectivity index (χ3n) is 3.11. The second-order valence-electron chi connectivity index (χ2n) is 5.90. The van der Waals surface area contributed by atoms with E-state index in [4.69, 9.17) is 15.2 Å². The summed E-state index contributed by atoms with van der Waals surface area (Å²) in [5, 5.41) is 0. The van der Waals surface area contributed by atoms with Crippen LogP contribution in [0.1, 0.15) is 27.2 Å². The average Bonchev–Trinajstić information content (AvgIpc) is 2.93. The quantitative estimate of drug-likeness (QED) is 0.744. The van der Waals surface area contributed by atoms with E-state index in [1.54, 1.807) is 4.90 Å². The van der Waals surface area contributed by atoms with Crippen molar-refractivity contribution in [1.29, 1.82) is 0 Å². The predicted molar refractivity (Wildman–Crippen MR) is 63.6 cm³/mol. The van der Waals surface area contributed by atoms with E-state index in [9.17, 15) is 4.79 Å². The molecule has 1 aliphatic carbocycles. The van der Waals surface area contributed by atoms with E-state index < -0.39 is 5.60 Å². The Bertz CT molecular complexity index is 301. The number of amides is 1. The molecule has 1 unspecified atom stereocenters. The Labute approximate surface area is 102 Å². The highest BCUT2D eigenvalue weighted by Gasteiger charge is 2.43. The maximum absolute atomic E-state index is 11.9. The lowest BCUT2D eigenvalue weighted by atomic mass is 10.2. The van der Waals surface area contributed by atoms with Gasteiger partial charge in [-0.25, -0.2) is 4.79 Å². The summed E-state index contributed by atoms with van der Waals surface area (Å²) in [6.45, 7) is 7.41. The highest BCUT2D eigenvalue weighted by Crippen LogP contribution is 2.34. The van der Waals surface area contributed by atoms with Crippen LogP contribution >= 0.6 is 0 Å².